The third-order valence-electron chi connectivity index (χ3n) is 5.71. The van der Waals surface area contributed by atoms with E-state index in [-0.39, 0.29) is 17.5 Å². The Kier molecular flexibility index (Phi) is 7.53. The van der Waals surface area contributed by atoms with Gasteiger partial charge in [-0.15, -0.1) is 0 Å². The lowest BCUT2D eigenvalue weighted by Crippen LogP contribution is -2.34. The number of ether oxygens (including phenoxy) is 1. The molecule has 2 aromatic heterocycles. The standard InChI is InChI=1S/C12H13F3N4O.C9H15NO/c1-16-8-5-18-19(6-8)10(11(14)15)9-3-7(13)4-17-12(9)20-2;10-8(5-11)9(6-1-2-6)7-3-4-7/h3-6,10-11,16H,1-2H3;5-9H,1-4,10H2. The van der Waals surface area contributed by atoms with Gasteiger partial charge in [0.2, 0.25) is 5.88 Å². The molecule has 0 aromatic carbocycles. The van der Waals surface area contributed by atoms with Gasteiger partial charge < -0.3 is 20.6 Å². The second-order valence-electron chi connectivity index (χ2n) is 7.96. The Morgan fingerprint density at radius 2 is 1.90 bits per heavy atom. The van der Waals surface area contributed by atoms with Gasteiger partial charge in [-0.2, -0.15) is 5.10 Å². The lowest BCUT2D eigenvalue weighted by Gasteiger charge is -2.18. The molecule has 0 bridgehead atoms. The number of pyridine rings is 1. The Morgan fingerprint density at radius 1 is 1.26 bits per heavy atom. The SMILES string of the molecule is CNc1cnn(C(c2cc(F)cnc2OC)C(F)F)c1.NC(C=O)C(C1CC1)C1CC1. The van der Waals surface area contributed by atoms with E-state index in [4.69, 9.17) is 10.5 Å². The Hall–Kier alpha value is -2.62. The van der Waals surface area contributed by atoms with E-state index in [1.165, 1.54) is 45.2 Å². The first-order valence-electron chi connectivity index (χ1n) is 10.3. The molecular formula is C21H28F3N5O2. The largest absolute Gasteiger partial charge is 0.481 e. The molecule has 0 aliphatic heterocycles. The zero-order valence-electron chi connectivity index (χ0n) is 17.5. The minimum atomic E-state index is -2.79. The fraction of sp³-hybridized carbons (Fsp3) is 0.571. The highest BCUT2D eigenvalue weighted by Crippen LogP contribution is 2.50. The summed E-state index contributed by atoms with van der Waals surface area (Å²) in [7, 11) is 2.93. The van der Waals surface area contributed by atoms with Crippen molar-refractivity contribution in [2.45, 2.75) is 44.2 Å². The monoisotopic (exact) mass is 439 g/mol. The molecule has 0 radical (unpaired) electrons. The summed E-state index contributed by atoms with van der Waals surface area (Å²) >= 11 is 0. The second-order valence-corrected chi connectivity index (χ2v) is 7.96. The third kappa shape index (κ3) is 5.75. The van der Waals surface area contributed by atoms with E-state index in [9.17, 15) is 18.0 Å². The average molecular weight is 439 g/mol. The summed E-state index contributed by atoms with van der Waals surface area (Å²) in [4.78, 5) is 14.2. The number of halogens is 3. The van der Waals surface area contributed by atoms with E-state index in [0.29, 0.717) is 11.6 Å². The second kappa shape index (κ2) is 10.1. The maximum atomic E-state index is 13.3. The summed E-state index contributed by atoms with van der Waals surface area (Å²) < 4.78 is 45.9. The average Bonchev–Trinajstić information content (AvgIpc) is 3.69. The van der Waals surface area contributed by atoms with Crippen LogP contribution in [0.4, 0.5) is 18.9 Å². The van der Waals surface area contributed by atoms with Crippen LogP contribution < -0.4 is 15.8 Å². The number of hydrogen-bond donors (Lipinski definition) is 2. The zero-order chi connectivity index (χ0) is 22.5. The molecule has 10 heteroatoms. The van der Waals surface area contributed by atoms with E-state index in [1.807, 2.05) is 0 Å². The molecule has 2 aliphatic carbocycles. The molecule has 2 aromatic rings. The highest BCUT2D eigenvalue weighted by molar-refractivity contribution is 5.58. The van der Waals surface area contributed by atoms with Crippen molar-refractivity contribution >= 4 is 12.0 Å². The molecule has 2 heterocycles. The summed E-state index contributed by atoms with van der Waals surface area (Å²) in [6, 6.07) is -0.672. The number of nitrogens with two attached hydrogens (primary N) is 1. The summed E-state index contributed by atoms with van der Waals surface area (Å²) in [6.07, 6.45) is 7.08. The van der Waals surface area contributed by atoms with Gasteiger partial charge in [0, 0.05) is 18.8 Å². The van der Waals surface area contributed by atoms with Crippen molar-refractivity contribution in [2.75, 3.05) is 19.5 Å². The van der Waals surface area contributed by atoms with Gasteiger partial charge in [0.1, 0.15) is 18.1 Å². The van der Waals surface area contributed by atoms with Crippen LogP contribution in [0.5, 0.6) is 5.88 Å². The van der Waals surface area contributed by atoms with Crippen molar-refractivity contribution in [3.63, 3.8) is 0 Å². The maximum Gasteiger partial charge on any atom is 0.264 e. The Labute approximate surface area is 179 Å². The number of carbonyl (C=O) groups is 1. The molecule has 0 amide bonds. The van der Waals surface area contributed by atoms with Crippen LogP contribution in [0.15, 0.2) is 24.7 Å². The van der Waals surface area contributed by atoms with Gasteiger partial charge >= 0.3 is 0 Å². The fourth-order valence-corrected chi connectivity index (χ4v) is 3.90. The lowest BCUT2D eigenvalue weighted by atomic mass is 9.91. The number of aromatic nitrogens is 3. The number of methoxy groups -OCH3 is 1. The van der Waals surface area contributed by atoms with Gasteiger partial charge in [0.25, 0.3) is 6.43 Å². The predicted molar refractivity (Wildman–Crippen MR) is 110 cm³/mol. The van der Waals surface area contributed by atoms with E-state index >= 15 is 0 Å². The van der Waals surface area contributed by atoms with Gasteiger partial charge in [0.15, 0.2) is 0 Å². The molecule has 2 aliphatic rings. The first kappa shape index (κ1) is 23.1. The van der Waals surface area contributed by atoms with Crippen LogP contribution >= 0.6 is 0 Å². The molecule has 7 nitrogen and oxygen atoms in total. The smallest absolute Gasteiger partial charge is 0.264 e. The predicted octanol–water partition coefficient (Wildman–Crippen LogP) is 3.27. The molecule has 170 valence electrons. The molecule has 2 atom stereocenters. The molecule has 31 heavy (non-hydrogen) atoms. The normalized spacial score (nSPS) is 17.7. The van der Waals surface area contributed by atoms with Crippen molar-refractivity contribution in [3.05, 3.63) is 36.0 Å². The van der Waals surface area contributed by atoms with Crippen molar-refractivity contribution in [3.8, 4) is 5.88 Å². The summed E-state index contributed by atoms with van der Waals surface area (Å²) in [6.45, 7) is 0. The minimum Gasteiger partial charge on any atom is -0.481 e. The molecule has 2 saturated carbocycles. The van der Waals surface area contributed by atoms with Crippen LogP contribution in [0, 0.1) is 23.6 Å². The Morgan fingerprint density at radius 3 is 2.35 bits per heavy atom. The number of anilines is 1. The Bertz CT molecular complexity index is 858. The number of hydrogen-bond acceptors (Lipinski definition) is 6. The fourth-order valence-electron chi connectivity index (χ4n) is 3.90. The highest BCUT2D eigenvalue weighted by atomic mass is 19.3. The van der Waals surface area contributed by atoms with E-state index in [1.54, 1.807) is 7.05 Å². The van der Waals surface area contributed by atoms with Crippen molar-refractivity contribution < 1.29 is 22.7 Å². The number of alkyl halides is 2. The molecule has 2 unspecified atom stereocenters. The third-order valence-corrected chi connectivity index (χ3v) is 5.71. The van der Waals surface area contributed by atoms with Gasteiger partial charge in [0.05, 0.1) is 31.2 Å². The summed E-state index contributed by atoms with van der Waals surface area (Å²) in [5.41, 5.74) is 6.24. The van der Waals surface area contributed by atoms with Crippen molar-refractivity contribution in [1.82, 2.24) is 14.8 Å². The van der Waals surface area contributed by atoms with Gasteiger partial charge in [-0.25, -0.2) is 18.2 Å². The van der Waals surface area contributed by atoms with Crippen molar-refractivity contribution in [1.29, 1.82) is 0 Å². The molecule has 3 N–H and O–H groups in total. The molecule has 4 rings (SSSR count). The number of aldehydes is 1. The van der Waals surface area contributed by atoms with Crippen LogP contribution in [0.1, 0.15) is 37.3 Å². The number of nitrogens with one attached hydrogen (secondary N) is 1. The molecule has 0 spiro atoms. The summed E-state index contributed by atoms with van der Waals surface area (Å²) in [5, 5.41) is 6.64. The number of carbonyl (C=O) groups excluding carboxylic acids is 1. The van der Waals surface area contributed by atoms with Crippen LogP contribution in [0.2, 0.25) is 0 Å². The minimum absolute atomic E-state index is 0.0572. The highest BCUT2D eigenvalue weighted by Gasteiger charge is 2.44. The van der Waals surface area contributed by atoms with Crippen LogP contribution in [0.3, 0.4) is 0 Å². The van der Waals surface area contributed by atoms with E-state index in [2.05, 4.69) is 15.4 Å². The van der Waals surface area contributed by atoms with Crippen molar-refractivity contribution in [2.24, 2.45) is 23.5 Å². The lowest BCUT2D eigenvalue weighted by molar-refractivity contribution is -0.110. The van der Waals surface area contributed by atoms with Gasteiger partial charge in [-0.3, -0.25) is 4.68 Å². The number of nitrogens with zero attached hydrogens (tertiary/aromatic N) is 3. The first-order chi connectivity index (χ1) is 14.9. The van der Waals surface area contributed by atoms with Crippen LogP contribution in [-0.2, 0) is 4.79 Å². The zero-order valence-corrected chi connectivity index (χ0v) is 17.5. The van der Waals surface area contributed by atoms with Gasteiger partial charge in [-0.1, -0.05) is 0 Å². The molecule has 2 fully saturated rings. The number of rotatable bonds is 9. The quantitative estimate of drug-likeness (QED) is 0.583. The Balaban J connectivity index is 0.000000207. The van der Waals surface area contributed by atoms with E-state index in [0.717, 1.165) is 35.1 Å². The maximum absolute atomic E-state index is 13.3. The first-order valence-corrected chi connectivity index (χ1v) is 10.3. The van der Waals surface area contributed by atoms with E-state index < -0.39 is 18.3 Å². The van der Waals surface area contributed by atoms with Crippen LogP contribution in [0.25, 0.3) is 0 Å². The van der Waals surface area contributed by atoms with Gasteiger partial charge in [-0.05, 0) is 49.5 Å². The topological polar surface area (TPSA) is 95.1 Å². The summed E-state index contributed by atoms with van der Waals surface area (Å²) in [5.74, 6) is 1.35. The molecular weight excluding hydrogens is 411 g/mol. The van der Waals surface area contributed by atoms with Crippen LogP contribution in [-0.4, -0.2) is 47.7 Å². The molecule has 0 saturated heterocycles.